The second kappa shape index (κ2) is 4.83. The highest BCUT2D eigenvalue weighted by molar-refractivity contribution is 5.30. The minimum absolute atomic E-state index is 0.0503. The average Bonchev–Trinajstić information content (AvgIpc) is 2.23. The Kier molecular flexibility index (Phi) is 3.44. The molecule has 0 aromatic heterocycles. The number of methoxy groups -OCH3 is 1. The summed E-state index contributed by atoms with van der Waals surface area (Å²) in [5, 5.41) is 0. The molecule has 1 aliphatic carbocycles. The molecule has 1 aliphatic rings. The Morgan fingerprint density at radius 3 is 2.75 bits per heavy atom. The SMILES string of the molecule is COc1ccc(C(N)CC2CCC2)cc1F. The van der Waals surface area contributed by atoms with E-state index in [1.165, 1.54) is 32.4 Å². The van der Waals surface area contributed by atoms with Gasteiger partial charge in [0.05, 0.1) is 7.11 Å². The molecule has 2 nitrogen and oxygen atoms in total. The molecule has 1 aromatic rings. The van der Waals surface area contributed by atoms with E-state index in [-0.39, 0.29) is 17.6 Å². The molecule has 0 heterocycles. The van der Waals surface area contributed by atoms with Gasteiger partial charge in [0.1, 0.15) is 0 Å². The summed E-state index contributed by atoms with van der Waals surface area (Å²) < 4.78 is 18.3. The maximum atomic E-state index is 13.5. The van der Waals surface area contributed by atoms with E-state index >= 15 is 0 Å². The van der Waals surface area contributed by atoms with Gasteiger partial charge < -0.3 is 10.5 Å². The molecule has 0 saturated heterocycles. The molecule has 3 heteroatoms. The van der Waals surface area contributed by atoms with Crippen LogP contribution in [-0.4, -0.2) is 7.11 Å². The third-order valence-electron chi connectivity index (χ3n) is 3.42. The Morgan fingerprint density at radius 2 is 2.25 bits per heavy atom. The lowest BCUT2D eigenvalue weighted by atomic mass is 9.80. The normalized spacial score (nSPS) is 17.9. The first-order valence-corrected chi connectivity index (χ1v) is 5.79. The quantitative estimate of drug-likeness (QED) is 0.851. The van der Waals surface area contributed by atoms with Crippen LogP contribution in [0.5, 0.6) is 5.75 Å². The van der Waals surface area contributed by atoms with E-state index in [2.05, 4.69) is 0 Å². The standard InChI is InChI=1S/C13H18FNO/c1-16-13-6-5-10(8-11(13)14)12(15)7-9-3-2-4-9/h5-6,8-9,12H,2-4,7,15H2,1H3. The highest BCUT2D eigenvalue weighted by atomic mass is 19.1. The van der Waals surface area contributed by atoms with Crippen LogP contribution in [0.1, 0.15) is 37.3 Å². The van der Waals surface area contributed by atoms with E-state index in [9.17, 15) is 4.39 Å². The first-order valence-electron chi connectivity index (χ1n) is 5.79. The van der Waals surface area contributed by atoms with Gasteiger partial charge in [0.2, 0.25) is 0 Å². The molecule has 1 fully saturated rings. The van der Waals surface area contributed by atoms with E-state index in [0.29, 0.717) is 0 Å². The number of rotatable bonds is 4. The lowest BCUT2D eigenvalue weighted by molar-refractivity contribution is 0.277. The topological polar surface area (TPSA) is 35.2 Å². The summed E-state index contributed by atoms with van der Waals surface area (Å²) in [5.74, 6) is 0.684. The number of benzene rings is 1. The van der Waals surface area contributed by atoms with Crippen molar-refractivity contribution in [3.05, 3.63) is 29.6 Å². The van der Waals surface area contributed by atoms with Crippen molar-refractivity contribution in [2.75, 3.05) is 7.11 Å². The summed E-state index contributed by atoms with van der Waals surface area (Å²) in [7, 11) is 1.46. The summed E-state index contributed by atoms with van der Waals surface area (Å²) in [5.41, 5.74) is 6.92. The van der Waals surface area contributed by atoms with Crippen LogP contribution in [0.25, 0.3) is 0 Å². The van der Waals surface area contributed by atoms with Crippen molar-refractivity contribution >= 4 is 0 Å². The molecule has 0 radical (unpaired) electrons. The van der Waals surface area contributed by atoms with Crippen molar-refractivity contribution in [1.82, 2.24) is 0 Å². The minimum atomic E-state index is -0.330. The summed E-state index contributed by atoms with van der Waals surface area (Å²) in [4.78, 5) is 0. The molecule has 0 aliphatic heterocycles. The van der Waals surface area contributed by atoms with Crippen molar-refractivity contribution in [1.29, 1.82) is 0 Å². The molecule has 1 aromatic carbocycles. The van der Waals surface area contributed by atoms with Gasteiger partial charge in [0.25, 0.3) is 0 Å². The molecule has 0 amide bonds. The number of ether oxygens (including phenoxy) is 1. The first-order chi connectivity index (χ1) is 7.70. The second-order valence-electron chi connectivity index (χ2n) is 4.53. The van der Waals surface area contributed by atoms with E-state index in [1.807, 2.05) is 6.07 Å². The summed E-state index contributed by atoms with van der Waals surface area (Å²) in [6.07, 6.45) is 4.82. The monoisotopic (exact) mass is 223 g/mol. The van der Waals surface area contributed by atoms with Crippen LogP contribution in [0.4, 0.5) is 4.39 Å². The predicted octanol–water partition coefficient (Wildman–Crippen LogP) is 3.02. The molecule has 0 spiro atoms. The largest absolute Gasteiger partial charge is 0.494 e. The van der Waals surface area contributed by atoms with Gasteiger partial charge in [-0.05, 0) is 30.0 Å². The van der Waals surface area contributed by atoms with E-state index in [4.69, 9.17) is 10.5 Å². The van der Waals surface area contributed by atoms with Crippen LogP contribution in [0, 0.1) is 11.7 Å². The van der Waals surface area contributed by atoms with Crippen molar-refractivity contribution in [3.63, 3.8) is 0 Å². The van der Waals surface area contributed by atoms with Gasteiger partial charge in [0, 0.05) is 6.04 Å². The van der Waals surface area contributed by atoms with Crippen LogP contribution in [0.2, 0.25) is 0 Å². The Bertz CT molecular complexity index is 363. The Balaban J connectivity index is 2.04. The van der Waals surface area contributed by atoms with Gasteiger partial charge in [-0.15, -0.1) is 0 Å². The summed E-state index contributed by atoms with van der Waals surface area (Å²) >= 11 is 0. The third-order valence-corrected chi connectivity index (χ3v) is 3.42. The van der Waals surface area contributed by atoms with Gasteiger partial charge in [-0.1, -0.05) is 25.3 Å². The summed E-state index contributed by atoms with van der Waals surface area (Å²) in [6, 6.07) is 4.93. The van der Waals surface area contributed by atoms with Gasteiger partial charge in [-0.3, -0.25) is 0 Å². The van der Waals surface area contributed by atoms with Crippen molar-refractivity contribution < 1.29 is 9.13 Å². The molecular weight excluding hydrogens is 205 g/mol. The van der Waals surface area contributed by atoms with Gasteiger partial charge >= 0.3 is 0 Å². The molecule has 1 atom stereocenters. The number of hydrogen-bond donors (Lipinski definition) is 1. The maximum absolute atomic E-state index is 13.5. The summed E-state index contributed by atoms with van der Waals surface area (Å²) in [6.45, 7) is 0. The van der Waals surface area contributed by atoms with Gasteiger partial charge in [-0.2, -0.15) is 0 Å². The fraction of sp³-hybridized carbons (Fsp3) is 0.538. The zero-order chi connectivity index (χ0) is 11.5. The molecule has 2 N–H and O–H groups in total. The van der Waals surface area contributed by atoms with Crippen molar-refractivity contribution in [3.8, 4) is 5.75 Å². The fourth-order valence-corrected chi connectivity index (χ4v) is 2.14. The van der Waals surface area contributed by atoms with Gasteiger partial charge in [0.15, 0.2) is 11.6 Å². The average molecular weight is 223 g/mol. The predicted molar refractivity (Wildman–Crippen MR) is 61.8 cm³/mol. The zero-order valence-corrected chi connectivity index (χ0v) is 9.58. The van der Waals surface area contributed by atoms with E-state index < -0.39 is 0 Å². The number of nitrogens with two attached hydrogens (primary N) is 1. The van der Waals surface area contributed by atoms with Crippen LogP contribution >= 0.6 is 0 Å². The first kappa shape index (κ1) is 11.4. The molecule has 16 heavy (non-hydrogen) atoms. The van der Waals surface area contributed by atoms with Crippen LogP contribution in [0.3, 0.4) is 0 Å². The van der Waals surface area contributed by atoms with Crippen LogP contribution < -0.4 is 10.5 Å². The minimum Gasteiger partial charge on any atom is -0.494 e. The molecule has 1 saturated carbocycles. The van der Waals surface area contributed by atoms with E-state index in [1.54, 1.807) is 6.07 Å². The third kappa shape index (κ3) is 2.35. The number of halogens is 1. The van der Waals surface area contributed by atoms with Crippen molar-refractivity contribution in [2.45, 2.75) is 31.7 Å². The molecule has 88 valence electrons. The molecule has 2 rings (SSSR count). The Hall–Kier alpha value is -1.09. The Morgan fingerprint density at radius 1 is 1.50 bits per heavy atom. The highest BCUT2D eigenvalue weighted by Gasteiger charge is 2.21. The molecule has 1 unspecified atom stereocenters. The van der Waals surface area contributed by atoms with Crippen LogP contribution in [-0.2, 0) is 0 Å². The number of hydrogen-bond acceptors (Lipinski definition) is 2. The van der Waals surface area contributed by atoms with E-state index in [0.717, 1.165) is 17.9 Å². The smallest absolute Gasteiger partial charge is 0.165 e. The Labute approximate surface area is 95.6 Å². The second-order valence-corrected chi connectivity index (χ2v) is 4.53. The lowest BCUT2D eigenvalue weighted by Gasteiger charge is -2.28. The maximum Gasteiger partial charge on any atom is 0.165 e. The lowest BCUT2D eigenvalue weighted by Crippen LogP contribution is -2.20. The molecular formula is C13H18FNO. The highest BCUT2D eigenvalue weighted by Crippen LogP contribution is 2.34. The van der Waals surface area contributed by atoms with Crippen LogP contribution in [0.15, 0.2) is 18.2 Å². The fourth-order valence-electron chi connectivity index (χ4n) is 2.14. The van der Waals surface area contributed by atoms with Crippen molar-refractivity contribution in [2.24, 2.45) is 11.7 Å². The van der Waals surface area contributed by atoms with Gasteiger partial charge in [-0.25, -0.2) is 4.39 Å². The zero-order valence-electron chi connectivity index (χ0n) is 9.58. The molecule has 0 bridgehead atoms.